The molecule has 234 valence electrons. The van der Waals surface area contributed by atoms with E-state index in [-0.39, 0.29) is 5.70 Å². The molecule has 0 saturated heterocycles. The smallest absolute Gasteiger partial charge is 0.333 e. The molecular weight excluding hydrogens is 544 g/mol. The van der Waals surface area contributed by atoms with Gasteiger partial charge in [-0.1, -0.05) is 67.5 Å². The number of hydrogen-bond donors (Lipinski definition) is 1. The minimum absolute atomic E-state index is 0.305. The second kappa shape index (κ2) is 16.0. The van der Waals surface area contributed by atoms with Crippen LogP contribution in [0.2, 0.25) is 0 Å². The van der Waals surface area contributed by atoms with Gasteiger partial charge >= 0.3 is 5.97 Å². The molecule has 0 fully saturated rings. The first-order valence-corrected chi connectivity index (χ1v) is 15.8. The quantitative estimate of drug-likeness (QED) is 0.140. The van der Waals surface area contributed by atoms with E-state index in [0.717, 1.165) is 43.2 Å². The van der Waals surface area contributed by atoms with E-state index in [2.05, 4.69) is 123 Å². The molecule has 6 nitrogen and oxygen atoms in total. The Morgan fingerprint density at radius 1 is 0.614 bits per heavy atom. The number of aliphatic carboxylic acids is 1. The van der Waals surface area contributed by atoms with Crippen molar-refractivity contribution in [1.29, 1.82) is 0 Å². The number of benzene rings is 3. The predicted octanol–water partition coefficient (Wildman–Crippen LogP) is 9.74. The molecule has 1 N–H and O–H groups in total. The number of carboxylic acid groups (broad SMARTS) is 1. The Kier molecular flexibility index (Phi) is 12.5. The van der Waals surface area contributed by atoms with E-state index in [1.54, 1.807) is 0 Å². The topological polar surface area (TPSA) is 51.4 Å². The lowest BCUT2D eigenvalue weighted by atomic mass is 10.1. The minimum Gasteiger partial charge on any atom is -0.486 e. The summed E-state index contributed by atoms with van der Waals surface area (Å²) in [4.78, 5) is 21.7. The van der Waals surface area contributed by atoms with E-state index in [0.29, 0.717) is 29.2 Å². The maximum absolute atomic E-state index is 11.4. The lowest BCUT2D eigenvalue weighted by molar-refractivity contribution is -0.132. The Labute approximate surface area is 265 Å². The van der Waals surface area contributed by atoms with E-state index in [9.17, 15) is 9.90 Å². The Bertz CT molecular complexity index is 1310. The third-order valence-corrected chi connectivity index (χ3v) is 7.08. The van der Waals surface area contributed by atoms with Crippen LogP contribution < -0.4 is 14.7 Å². The van der Waals surface area contributed by atoms with Gasteiger partial charge in [-0.05, 0) is 96.0 Å². The average molecular weight is 595 g/mol. The van der Waals surface area contributed by atoms with Gasteiger partial charge < -0.3 is 19.8 Å². The molecule has 0 aliphatic rings. The molecule has 0 spiro atoms. The summed E-state index contributed by atoms with van der Waals surface area (Å²) in [6.07, 6.45) is 1.41. The van der Waals surface area contributed by atoms with E-state index in [1.807, 2.05) is 24.3 Å². The highest BCUT2D eigenvalue weighted by Crippen LogP contribution is 2.37. The number of carbonyl (C=O) groups is 1. The van der Waals surface area contributed by atoms with Crippen molar-refractivity contribution in [2.45, 2.75) is 55.4 Å². The fourth-order valence-electron chi connectivity index (χ4n) is 5.43. The predicted molar refractivity (Wildman–Crippen MR) is 187 cm³/mol. The van der Waals surface area contributed by atoms with E-state index < -0.39 is 5.97 Å². The third kappa shape index (κ3) is 9.91. The first-order valence-electron chi connectivity index (χ1n) is 15.8. The molecule has 6 heteroatoms. The fraction of sp³-hybridized carbons (Fsp3) is 0.421. The lowest BCUT2D eigenvalue weighted by Gasteiger charge is -2.31. The SMILES string of the molecule is [C-]#[N+]C(=Cc1ccc(N(c2ccc(N(CC(C)C)CC(C)C)cc2)c2ccc(N(CC(C)C)CC(C)C)cc2)cc1)C(=O)O. The molecule has 44 heavy (non-hydrogen) atoms. The van der Waals surface area contributed by atoms with Crippen LogP contribution in [0.15, 0.2) is 78.5 Å². The normalized spacial score (nSPS) is 11.8. The number of rotatable bonds is 15. The van der Waals surface area contributed by atoms with E-state index >= 15 is 0 Å². The first kappa shape index (κ1) is 34.3. The molecule has 3 aromatic rings. The van der Waals surface area contributed by atoms with Crippen molar-refractivity contribution in [2.75, 3.05) is 40.9 Å². The van der Waals surface area contributed by atoms with Crippen molar-refractivity contribution in [1.82, 2.24) is 0 Å². The molecule has 0 amide bonds. The summed E-state index contributed by atoms with van der Waals surface area (Å²) in [6.45, 7) is 29.3. The van der Waals surface area contributed by atoms with Crippen LogP contribution in [0.25, 0.3) is 10.9 Å². The molecule has 0 unspecified atom stereocenters. The van der Waals surface area contributed by atoms with Crippen molar-refractivity contribution in [3.63, 3.8) is 0 Å². The highest BCUT2D eigenvalue weighted by Gasteiger charge is 2.17. The highest BCUT2D eigenvalue weighted by atomic mass is 16.4. The lowest BCUT2D eigenvalue weighted by Crippen LogP contribution is -2.31. The van der Waals surface area contributed by atoms with Gasteiger partial charge in [-0.3, -0.25) is 4.79 Å². The van der Waals surface area contributed by atoms with Crippen LogP contribution in [0, 0.1) is 30.2 Å². The molecule has 3 rings (SSSR count). The van der Waals surface area contributed by atoms with Gasteiger partial charge in [0.1, 0.15) is 0 Å². The Morgan fingerprint density at radius 2 is 0.909 bits per heavy atom. The van der Waals surface area contributed by atoms with Crippen molar-refractivity contribution < 1.29 is 9.90 Å². The van der Waals surface area contributed by atoms with Crippen LogP contribution in [0.3, 0.4) is 0 Å². The van der Waals surface area contributed by atoms with Crippen molar-refractivity contribution in [3.8, 4) is 0 Å². The van der Waals surface area contributed by atoms with Gasteiger partial charge in [0, 0.05) is 54.6 Å². The van der Waals surface area contributed by atoms with E-state index in [4.69, 9.17) is 6.57 Å². The number of carboxylic acids is 1. The highest BCUT2D eigenvalue weighted by molar-refractivity contribution is 5.94. The summed E-state index contributed by atoms with van der Waals surface area (Å²) >= 11 is 0. The van der Waals surface area contributed by atoms with Crippen molar-refractivity contribution in [3.05, 3.63) is 95.5 Å². The van der Waals surface area contributed by atoms with E-state index in [1.165, 1.54) is 17.5 Å². The Hall–Kier alpha value is -4.24. The molecule has 0 atom stereocenters. The zero-order valence-corrected chi connectivity index (χ0v) is 27.8. The van der Waals surface area contributed by atoms with Gasteiger partial charge in [0.2, 0.25) is 0 Å². The van der Waals surface area contributed by atoms with Crippen molar-refractivity contribution >= 4 is 40.5 Å². The van der Waals surface area contributed by atoms with Crippen LogP contribution in [0.5, 0.6) is 0 Å². The molecule has 0 aliphatic carbocycles. The second-order valence-corrected chi connectivity index (χ2v) is 13.3. The van der Waals surface area contributed by atoms with Gasteiger partial charge in [0.15, 0.2) is 0 Å². The summed E-state index contributed by atoms with van der Waals surface area (Å²) in [5, 5.41) is 9.29. The van der Waals surface area contributed by atoms with Crippen LogP contribution in [-0.2, 0) is 4.79 Å². The average Bonchev–Trinajstić information content (AvgIpc) is 2.96. The van der Waals surface area contributed by atoms with Crippen LogP contribution >= 0.6 is 0 Å². The van der Waals surface area contributed by atoms with Gasteiger partial charge in [-0.25, -0.2) is 4.85 Å². The van der Waals surface area contributed by atoms with Gasteiger partial charge in [-0.15, -0.1) is 0 Å². The summed E-state index contributed by atoms with van der Waals surface area (Å²) in [5.74, 6) is 1.02. The summed E-state index contributed by atoms with van der Waals surface area (Å²) in [5.41, 5.74) is 5.81. The standard InChI is InChI=1S/C38H50N4O2/c1-27(2)23-40(24-28(3)4)32-14-18-35(19-15-32)42(34-12-10-31(11-13-34)22-37(39-9)38(43)44)36-20-16-33(17-21-36)41(25-29(5)6)26-30(7)8/h10-22,27-30H,23-26H2,1-8H3,(H,43,44). The Balaban J connectivity index is 2.05. The largest absolute Gasteiger partial charge is 0.486 e. The summed E-state index contributed by atoms with van der Waals surface area (Å²) in [7, 11) is 0. The molecule has 0 heterocycles. The summed E-state index contributed by atoms with van der Waals surface area (Å²) in [6, 6.07) is 25.2. The van der Waals surface area contributed by atoms with Crippen LogP contribution in [-0.4, -0.2) is 37.3 Å². The molecule has 0 radical (unpaired) electrons. The molecule has 0 aliphatic heterocycles. The number of nitrogens with zero attached hydrogens (tertiary/aromatic N) is 4. The van der Waals surface area contributed by atoms with Crippen LogP contribution in [0.4, 0.5) is 28.4 Å². The zero-order valence-electron chi connectivity index (χ0n) is 27.8. The maximum atomic E-state index is 11.4. The second-order valence-electron chi connectivity index (χ2n) is 13.3. The third-order valence-electron chi connectivity index (χ3n) is 7.08. The Morgan fingerprint density at radius 3 is 1.18 bits per heavy atom. The first-order chi connectivity index (χ1) is 20.9. The fourth-order valence-corrected chi connectivity index (χ4v) is 5.43. The molecule has 0 bridgehead atoms. The molecule has 0 aromatic heterocycles. The molecule has 3 aromatic carbocycles. The maximum Gasteiger partial charge on any atom is 0.333 e. The zero-order chi connectivity index (χ0) is 32.4. The van der Waals surface area contributed by atoms with Crippen LogP contribution in [0.1, 0.15) is 61.0 Å². The molecule has 0 saturated carbocycles. The van der Waals surface area contributed by atoms with Crippen molar-refractivity contribution in [2.24, 2.45) is 23.7 Å². The molecular formula is C38H50N4O2. The van der Waals surface area contributed by atoms with Gasteiger partial charge in [0.05, 0.1) is 6.57 Å². The number of hydrogen-bond acceptors (Lipinski definition) is 4. The van der Waals surface area contributed by atoms with Gasteiger partial charge in [-0.2, -0.15) is 0 Å². The van der Waals surface area contributed by atoms with Gasteiger partial charge in [0.25, 0.3) is 5.70 Å². The summed E-state index contributed by atoms with van der Waals surface area (Å²) < 4.78 is 0. The monoisotopic (exact) mass is 594 g/mol. The minimum atomic E-state index is -1.22. The number of anilines is 5.